The topological polar surface area (TPSA) is 50.8 Å². The lowest BCUT2D eigenvalue weighted by Gasteiger charge is -2.26. The van der Waals surface area contributed by atoms with Gasteiger partial charge in [-0.25, -0.2) is 4.79 Å². The van der Waals surface area contributed by atoms with Gasteiger partial charge in [-0.1, -0.05) is 13.8 Å². The average Bonchev–Trinajstić information content (AvgIpc) is 3.38. The maximum absolute atomic E-state index is 12.7. The zero-order valence-corrected chi connectivity index (χ0v) is 15.5. The summed E-state index contributed by atoms with van der Waals surface area (Å²) < 4.78 is 10.7. The van der Waals surface area contributed by atoms with E-state index >= 15 is 0 Å². The van der Waals surface area contributed by atoms with Crippen LogP contribution in [-0.2, 0) is 0 Å². The maximum atomic E-state index is 12.7. The molecule has 0 aliphatic heterocycles. The average molecular weight is 334 g/mol. The second kappa shape index (κ2) is 8.27. The molecular weight excluding hydrogens is 304 g/mol. The third-order valence-electron chi connectivity index (χ3n) is 4.44. The molecule has 0 spiro atoms. The van der Waals surface area contributed by atoms with Crippen LogP contribution in [0.3, 0.4) is 0 Å². The van der Waals surface area contributed by atoms with Crippen molar-refractivity contribution in [1.29, 1.82) is 0 Å². The Hall–Kier alpha value is -1.91. The molecule has 0 radical (unpaired) electrons. The summed E-state index contributed by atoms with van der Waals surface area (Å²) in [6, 6.07) is 5.91. The van der Waals surface area contributed by atoms with Crippen LogP contribution < -0.4 is 14.8 Å². The quantitative estimate of drug-likeness (QED) is 0.782. The third kappa shape index (κ3) is 4.79. The molecule has 1 atom stereocenters. The Morgan fingerprint density at radius 1 is 1.25 bits per heavy atom. The van der Waals surface area contributed by atoms with Crippen molar-refractivity contribution < 1.29 is 14.3 Å². The molecule has 0 saturated heterocycles. The first-order chi connectivity index (χ1) is 11.5. The van der Waals surface area contributed by atoms with Gasteiger partial charge in [0.1, 0.15) is 11.5 Å². The maximum Gasteiger partial charge on any atom is 0.318 e. The second-order valence-electron chi connectivity index (χ2n) is 6.89. The Morgan fingerprint density at radius 2 is 1.96 bits per heavy atom. The molecule has 1 aliphatic rings. The predicted molar refractivity (Wildman–Crippen MR) is 95.7 cm³/mol. The SMILES string of the molecule is COc1ccc(OC)c(C(C)NC(=O)N(CCC(C)C)C2CC2)c1. The van der Waals surface area contributed by atoms with E-state index in [4.69, 9.17) is 9.47 Å². The lowest BCUT2D eigenvalue weighted by Crippen LogP contribution is -2.43. The van der Waals surface area contributed by atoms with E-state index in [1.807, 2.05) is 30.0 Å². The number of hydrogen-bond acceptors (Lipinski definition) is 3. The Kier molecular flexibility index (Phi) is 6.35. The highest BCUT2D eigenvalue weighted by Crippen LogP contribution is 2.31. The summed E-state index contributed by atoms with van der Waals surface area (Å²) in [5.41, 5.74) is 0.921. The van der Waals surface area contributed by atoms with E-state index in [1.54, 1.807) is 14.2 Å². The first-order valence-electron chi connectivity index (χ1n) is 8.75. The summed E-state index contributed by atoms with van der Waals surface area (Å²) in [5.74, 6) is 2.10. The Labute approximate surface area is 145 Å². The number of carbonyl (C=O) groups is 1. The number of hydrogen-bond donors (Lipinski definition) is 1. The Balaban J connectivity index is 2.06. The van der Waals surface area contributed by atoms with Gasteiger partial charge < -0.3 is 19.7 Å². The van der Waals surface area contributed by atoms with Crippen molar-refractivity contribution in [3.63, 3.8) is 0 Å². The normalized spacial score (nSPS) is 15.1. The number of amides is 2. The number of rotatable bonds is 8. The van der Waals surface area contributed by atoms with Crippen molar-refractivity contribution >= 4 is 6.03 Å². The van der Waals surface area contributed by atoms with Crippen LogP contribution in [0.25, 0.3) is 0 Å². The van der Waals surface area contributed by atoms with Crippen LogP contribution in [0.5, 0.6) is 11.5 Å². The molecule has 5 heteroatoms. The number of benzene rings is 1. The summed E-state index contributed by atoms with van der Waals surface area (Å²) >= 11 is 0. The molecule has 1 fully saturated rings. The minimum Gasteiger partial charge on any atom is -0.497 e. The standard InChI is InChI=1S/C19H30N2O3/c1-13(2)10-11-21(15-6-7-15)19(22)20-14(3)17-12-16(23-4)8-9-18(17)24-5/h8-9,12-15H,6-7,10-11H2,1-5H3,(H,20,22). The smallest absolute Gasteiger partial charge is 0.318 e. The molecule has 1 aliphatic carbocycles. The van der Waals surface area contributed by atoms with E-state index in [9.17, 15) is 4.79 Å². The number of ether oxygens (including phenoxy) is 2. The fourth-order valence-corrected chi connectivity index (χ4v) is 2.76. The molecule has 2 amide bonds. The van der Waals surface area contributed by atoms with E-state index in [-0.39, 0.29) is 12.1 Å². The summed E-state index contributed by atoms with van der Waals surface area (Å²) in [6.07, 6.45) is 3.26. The van der Waals surface area contributed by atoms with E-state index in [0.29, 0.717) is 12.0 Å². The Morgan fingerprint density at radius 3 is 2.50 bits per heavy atom. The van der Waals surface area contributed by atoms with Crippen molar-refractivity contribution in [3.05, 3.63) is 23.8 Å². The molecule has 24 heavy (non-hydrogen) atoms. The van der Waals surface area contributed by atoms with Crippen LogP contribution in [0.15, 0.2) is 18.2 Å². The van der Waals surface area contributed by atoms with E-state index in [0.717, 1.165) is 42.9 Å². The second-order valence-corrected chi connectivity index (χ2v) is 6.89. The monoisotopic (exact) mass is 334 g/mol. The van der Waals surface area contributed by atoms with Gasteiger partial charge in [0.25, 0.3) is 0 Å². The minimum absolute atomic E-state index is 0.00974. The van der Waals surface area contributed by atoms with Crippen LogP contribution in [0.2, 0.25) is 0 Å². The molecule has 2 rings (SSSR count). The van der Waals surface area contributed by atoms with Crippen molar-refractivity contribution in [2.45, 2.75) is 52.1 Å². The largest absolute Gasteiger partial charge is 0.497 e. The highest BCUT2D eigenvalue weighted by atomic mass is 16.5. The van der Waals surface area contributed by atoms with Crippen molar-refractivity contribution in [1.82, 2.24) is 10.2 Å². The molecule has 0 aromatic heterocycles. The molecule has 1 aromatic rings. The highest BCUT2D eigenvalue weighted by molar-refractivity contribution is 5.75. The van der Waals surface area contributed by atoms with Gasteiger partial charge in [-0.3, -0.25) is 0 Å². The van der Waals surface area contributed by atoms with Crippen LogP contribution in [0, 0.1) is 5.92 Å². The third-order valence-corrected chi connectivity index (χ3v) is 4.44. The zero-order valence-electron chi connectivity index (χ0n) is 15.5. The summed E-state index contributed by atoms with van der Waals surface area (Å²) in [5, 5.41) is 3.12. The van der Waals surface area contributed by atoms with Gasteiger partial charge in [0, 0.05) is 18.2 Å². The number of nitrogens with zero attached hydrogens (tertiary/aromatic N) is 1. The van der Waals surface area contributed by atoms with Crippen LogP contribution in [-0.4, -0.2) is 37.7 Å². The van der Waals surface area contributed by atoms with Gasteiger partial charge in [-0.15, -0.1) is 0 Å². The predicted octanol–water partition coefficient (Wildman–Crippen LogP) is 3.98. The van der Waals surface area contributed by atoms with E-state index in [2.05, 4.69) is 19.2 Å². The molecule has 1 unspecified atom stereocenters. The van der Waals surface area contributed by atoms with Crippen molar-refractivity contribution in [3.8, 4) is 11.5 Å². The summed E-state index contributed by atoms with van der Waals surface area (Å²) in [6.45, 7) is 7.16. The first kappa shape index (κ1) is 18.4. The summed E-state index contributed by atoms with van der Waals surface area (Å²) in [4.78, 5) is 14.7. The zero-order chi connectivity index (χ0) is 17.7. The van der Waals surface area contributed by atoms with Crippen LogP contribution in [0.1, 0.15) is 51.6 Å². The molecule has 1 N–H and O–H groups in total. The molecule has 134 valence electrons. The fourth-order valence-electron chi connectivity index (χ4n) is 2.76. The number of urea groups is 1. The molecular formula is C19H30N2O3. The van der Waals surface area contributed by atoms with Gasteiger partial charge >= 0.3 is 6.03 Å². The van der Waals surface area contributed by atoms with E-state index < -0.39 is 0 Å². The van der Waals surface area contributed by atoms with Crippen LogP contribution in [0.4, 0.5) is 4.79 Å². The van der Waals surface area contributed by atoms with Gasteiger partial charge in [0.2, 0.25) is 0 Å². The molecule has 0 heterocycles. The number of nitrogens with one attached hydrogen (secondary N) is 1. The van der Waals surface area contributed by atoms with E-state index in [1.165, 1.54) is 0 Å². The Bertz CT molecular complexity index is 556. The lowest BCUT2D eigenvalue weighted by molar-refractivity contribution is 0.188. The van der Waals surface area contributed by atoms with Gasteiger partial charge in [-0.05, 0) is 50.3 Å². The fraction of sp³-hybridized carbons (Fsp3) is 0.632. The number of carbonyl (C=O) groups excluding carboxylic acids is 1. The van der Waals surface area contributed by atoms with Crippen molar-refractivity contribution in [2.75, 3.05) is 20.8 Å². The lowest BCUT2D eigenvalue weighted by atomic mass is 10.1. The molecule has 0 bridgehead atoms. The molecule has 1 aromatic carbocycles. The van der Waals surface area contributed by atoms with Gasteiger partial charge in [-0.2, -0.15) is 0 Å². The van der Waals surface area contributed by atoms with Crippen molar-refractivity contribution in [2.24, 2.45) is 5.92 Å². The molecule has 1 saturated carbocycles. The van der Waals surface area contributed by atoms with Gasteiger partial charge in [0.05, 0.1) is 20.3 Å². The number of methoxy groups -OCH3 is 2. The van der Waals surface area contributed by atoms with Gasteiger partial charge in [0.15, 0.2) is 0 Å². The van der Waals surface area contributed by atoms with Crippen LogP contribution >= 0.6 is 0 Å². The molecule has 5 nitrogen and oxygen atoms in total. The highest BCUT2D eigenvalue weighted by Gasteiger charge is 2.33. The first-order valence-corrected chi connectivity index (χ1v) is 8.75. The summed E-state index contributed by atoms with van der Waals surface area (Å²) in [7, 11) is 3.27. The minimum atomic E-state index is -0.150.